The van der Waals surface area contributed by atoms with Gasteiger partial charge in [-0.2, -0.15) is 0 Å². The van der Waals surface area contributed by atoms with Gasteiger partial charge >= 0.3 is 11.7 Å². The molecule has 15 heteroatoms. The van der Waals surface area contributed by atoms with Gasteiger partial charge in [0.25, 0.3) is 0 Å². The van der Waals surface area contributed by atoms with Crippen LogP contribution in [0.3, 0.4) is 0 Å². The number of nitrogens with one attached hydrogen (secondary N) is 4. The molecule has 1 aliphatic heterocycles. The molecule has 2 atom stereocenters. The number of imidazole rings is 1. The first-order valence-electron chi connectivity index (χ1n) is 17.1. The predicted octanol–water partition coefficient (Wildman–Crippen LogP) is 3.07. The van der Waals surface area contributed by atoms with Crippen LogP contribution in [0, 0.1) is 17.5 Å². The number of likely N-dealkylation sites (N-methyl/N-ethyl adjacent to an activating group) is 1. The van der Waals surface area contributed by atoms with Gasteiger partial charge in [0, 0.05) is 31.7 Å². The molecule has 0 spiro atoms. The first-order valence-corrected chi connectivity index (χ1v) is 17.1. The number of urea groups is 1. The number of nitrogens with zero attached hydrogens (tertiary/aromatic N) is 3. The number of anilines is 1. The molecular weight excluding hydrogens is 665 g/mol. The maximum absolute atomic E-state index is 14.1. The van der Waals surface area contributed by atoms with E-state index in [1.54, 1.807) is 46.4 Å². The summed E-state index contributed by atoms with van der Waals surface area (Å²) in [5.74, 6) is -3.78. The van der Waals surface area contributed by atoms with E-state index < -0.39 is 47.4 Å². The van der Waals surface area contributed by atoms with Gasteiger partial charge in [-0.25, -0.2) is 22.8 Å². The SMILES string of the molecule is CCNC(=O)C(CCN)NC(=O)C(Cc1ccc(F)c(F)c1)NC(=O)Nc1ccc2c(c1)n(Cc1ccc(F)cc1)c(=O)n2CCN1CCCC1. The highest BCUT2D eigenvalue weighted by atomic mass is 19.2. The molecule has 12 nitrogen and oxygen atoms in total. The highest BCUT2D eigenvalue weighted by Crippen LogP contribution is 2.21. The van der Waals surface area contributed by atoms with Crippen LogP contribution in [0.1, 0.15) is 37.3 Å². The van der Waals surface area contributed by atoms with Gasteiger partial charge in [0.2, 0.25) is 11.8 Å². The molecule has 1 fully saturated rings. The quantitative estimate of drug-likeness (QED) is 0.128. The Morgan fingerprint density at radius 1 is 0.804 bits per heavy atom. The molecule has 3 aromatic carbocycles. The monoisotopic (exact) mass is 708 g/mol. The van der Waals surface area contributed by atoms with E-state index in [1.807, 2.05) is 0 Å². The van der Waals surface area contributed by atoms with Crippen LogP contribution >= 0.6 is 0 Å². The number of halogens is 3. The Hall–Kier alpha value is -5.15. The summed E-state index contributed by atoms with van der Waals surface area (Å²) in [5, 5.41) is 10.5. The fourth-order valence-electron chi connectivity index (χ4n) is 6.23. The maximum atomic E-state index is 14.1. The molecule has 51 heavy (non-hydrogen) atoms. The van der Waals surface area contributed by atoms with Gasteiger partial charge in [-0.3, -0.25) is 18.7 Å². The second-order valence-electron chi connectivity index (χ2n) is 12.5. The molecule has 0 radical (unpaired) electrons. The van der Waals surface area contributed by atoms with Crippen molar-refractivity contribution in [1.82, 2.24) is 30.0 Å². The fourth-order valence-corrected chi connectivity index (χ4v) is 6.23. The lowest BCUT2D eigenvalue weighted by Gasteiger charge is -2.23. The first-order chi connectivity index (χ1) is 24.6. The zero-order valence-electron chi connectivity index (χ0n) is 28.4. The molecule has 1 aliphatic rings. The predicted molar refractivity (Wildman–Crippen MR) is 188 cm³/mol. The van der Waals surface area contributed by atoms with Crippen molar-refractivity contribution < 1.29 is 27.6 Å². The van der Waals surface area contributed by atoms with Gasteiger partial charge < -0.3 is 31.9 Å². The molecular formula is C36H43F3N8O4. The second-order valence-corrected chi connectivity index (χ2v) is 12.5. The number of benzene rings is 3. The largest absolute Gasteiger partial charge is 0.355 e. The second kappa shape index (κ2) is 17.2. The van der Waals surface area contributed by atoms with Crippen LogP contribution in [-0.4, -0.2) is 76.7 Å². The molecule has 0 bridgehead atoms. The molecule has 2 unspecified atom stereocenters. The fraction of sp³-hybridized carbons (Fsp3) is 0.389. The van der Waals surface area contributed by atoms with Crippen LogP contribution in [0.5, 0.6) is 0 Å². The molecule has 5 rings (SSSR count). The molecule has 4 amide bonds. The van der Waals surface area contributed by atoms with E-state index >= 15 is 0 Å². The Balaban J connectivity index is 1.40. The van der Waals surface area contributed by atoms with Crippen LogP contribution in [0.25, 0.3) is 11.0 Å². The van der Waals surface area contributed by atoms with Gasteiger partial charge in [0.1, 0.15) is 17.9 Å². The maximum Gasteiger partial charge on any atom is 0.329 e. The number of aromatic nitrogens is 2. The van der Waals surface area contributed by atoms with Crippen molar-refractivity contribution in [3.05, 3.63) is 99.7 Å². The zero-order chi connectivity index (χ0) is 36.5. The third-order valence-electron chi connectivity index (χ3n) is 8.85. The third-order valence-corrected chi connectivity index (χ3v) is 8.85. The van der Waals surface area contributed by atoms with E-state index in [-0.39, 0.29) is 37.2 Å². The van der Waals surface area contributed by atoms with Gasteiger partial charge in [0.15, 0.2) is 11.6 Å². The summed E-state index contributed by atoms with van der Waals surface area (Å²) < 4.78 is 44.6. The van der Waals surface area contributed by atoms with Crippen LogP contribution in [0.4, 0.5) is 23.7 Å². The Labute approximate surface area is 293 Å². The van der Waals surface area contributed by atoms with Crippen molar-refractivity contribution in [2.75, 3.05) is 38.0 Å². The van der Waals surface area contributed by atoms with Gasteiger partial charge in [-0.15, -0.1) is 0 Å². The van der Waals surface area contributed by atoms with E-state index in [0.29, 0.717) is 41.9 Å². The van der Waals surface area contributed by atoms with E-state index in [2.05, 4.69) is 26.2 Å². The molecule has 4 aromatic rings. The summed E-state index contributed by atoms with van der Waals surface area (Å²) in [6.45, 7) is 5.40. The van der Waals surface area contributed by atoms with Crippen LogP contribution in [0.2, 0.25) is 0 Å². The normalized spacial score (nSPS) is 14.3. The first kappa shape index (κ1) is 37.1. The van der Waals surface area contributed by atoms with Crippen LogP contribution < -0.4 is 32.7 Å². The number of amides is 4. The number of nitrogens with two attached hydrogens (primary N) is 1. The Morgan fingerprint density at radius 2 is 1.53 bits per heavy atom. The number of rotatable bonds is 15. The average molecular weight is 709 g/mol. The van der Waals surface area contributed by atoms with E-state index in [0.717, 1.165) is 38.1 Å². The number of fused-ring (bicyclic) bond motifs is 1. The molecule has 272 valence electrons. The summed E-state index contributed by atoms with van der Waals surface area (Å²) in [6, 6.07) is 10.9. The lowest BCUT2D eigenvalue weighted by Crippen LogP contribution is -2.55. The zero-order valence-corrected chi connectivity index (χ0v) is 28.4. The summed E-state index contributed by atoms with van der Waals surface area (Å²) in [7, 11) is 0. The lowest BCUT2D eigenvalue weighted by molar-refractivity contribution is -0.130. The molecule has 1 saturated heterocycles. The number of hydrogen-bond donors (Lipinski definition) is 5. The van der Waals surface area contributed by atoms with Crippen molar-refractivity contribution in [3.8, 4) is 0 Å². The van der Waals surface area contributed by atoms with E-state index in [4.69, 9.17) is 5.73 Å². The minimum absolute atomic E-state index is 0.0958. The number of hydrogen-bond acceptors (Lipinski definition) is 6. The van der Waals surface area contributed by atoms with Crippen molar-refractivity contribution in [2.45, 2.75) is 57.8 Å². The van der Waals surface area contributed by atoms with Crippen molar-refractivity contribution in [1.29, 1.82) is 0 Å². The topological polar surface area (TPSA) is 156 Å². The average Bonchev–Trinajstić information content (AvgIpc) is 3.71. The number of carbonyl (C=O) groups is 3. The summed E-state index contributed by atoms with van der Waals surface area (Å²) >= 11 is 0. The summed E-state index contributed by atoms with van der Waals surface area (Å²) in [6.07, 6.45) is 2.13. The molecule has 2 heterocycles. The highest BCUT2D eigenvalue weighted by molar-refractivity contribution is 5.96. The Morgan fingerprint density at radius 3 is 2.22 bits per heavy atom. The Kier molecular flexibility index (Phi) is 12.5. The molecule has 0 saturated carbocycles. The highest BCUT2D eigenvalue weighted by Gasteiger charge is 2.27. The lowest BCUT2D eigenvalue weighted by atomic mass is 10.0. The Bertz CT molecular complexity index is 1910. The van der Waals surface area contributed by atoms with Crippen LogP contribution in [0.15, 0.2) is 65.5 Å². The number of carbonyl (C=O) groups excluding carboxylic acids is 3. The minimum Gasteiger partial charge on any atom is -0.355 e. The van der Waals surface area contributed by atoms with Crippen molar-refractivity contribution in [3.63, 3.8) is 0 Å². The van der Waals surface area contributed by atoms with Gasteiger partial charge in [0.05, 0.1) is 17.6 Å². The number of likely N-dealkylation sites (tertiary alicyclic amines) is 1. The van der Waals surface area contributed by atoms with Crippen LogP contribution in [-0.2, 0) is 29.1 Å². The van der Waals surface area contributed by atoms with Crippen molar-refractivity contribution in [2.24, 2.45) is 5.73 Å². The summed E-state index contributed by atoms with van der Waals surface area (Å²) in [5.41, 5.74) is 7.84. The van der Waals surface area contributed by atoms with Gasteiger partial charge in [-0.05, 0) is 99.4 Å². The van der Waals surface area contributed by atoms with Crippen molar-refractivity contribution >= 4 is 34.6 Å². The molecule has 0 aliphatic carbocycles. The molecule has 1 aromatic heterocycles. The standard InChI is InChI=1S/C36H43F3N8O4/c1-2-41-33(48)29(13-14-40)43-34(49)30(20-24-7-11-27(38)28(39)19-24)44-35(50)42-26-10-12-31-32(21-26)47(22-23-5-8-25(37)9-6-23)36(51)46(31)18-17-45-15-3-4-16-45/h5-12,19,21,29-30H,2-4,13-18,20,22,40H2,1H3,(H,41,48)(H,43,49)(H2,42,44,50). The minimum atomic E-state index is -1.31. The molecule has 6 N–H and O–H groups in total. The van der Waals surface area contributed by atoms with Gasteiger partial charge in [-0.1, -0.05) is 18.2 Å². The third kappa shape index (κ3) is 9.55. The summed E-state index contributed by atoms with van der Waals surface area (Å²) in [4.78, 5) is 55.5. The van der Waals surface area contributed by atoms with E-state index in [9.17, 15) is 32.3 Å². The van der Waals surface area contributed by atoms with E-state index in [1.165, 1.54) is 18.2 Å². The smallest absolute Gasteiger partial charge is 0.329 e.